The van der Waals surface area contributed by atoms with Gasteiger partial charge in [-0.15, -0.1) is 0 Å². The van der Waals surface area contributed by atoms with Crippen LogP contribution in [0.3, 0.4) is 0 Å². The number of hydrogen-bond acceptors (Lipinski definition) is 0. The summed E-state index contributed by atoms with van der Waals surface area (Å²) >= 11 is 5.76. The fourth-order valence-electron chi connectivity index (χ4n) is 1.06. The lowest BCUT2D eigenvalue weighted by Crippen LogP contribution is -1.71. The molecule has 0 saturated carbocycles. The van der Waals surface area contributed by atoms with Gasteiger partial charge in [-0.05, 0) is 30.5 Å². The monoisotopic (exact) mass is 193 g/mol. The number of unbranched alkanes of at least 4 members (excludes halogenated alkanes) is 2. The molecule has 0 N–H and O–H groups in total. The molecule has 69 valence electrons. The molecule has 1 aromatic rings. The van der Waals surface area contributed by atoms with E-state index in [0.29, 0.717) is 0 Å². The summed E-state index contributed by atoms with van der Waals surface area (Å²) in [6, 6.07) is 7.84. The highest BCUT2D eigenvalue weighted by Gasteiger charge is 1.86. The van der Waals surface area contributed by atoms with Crippen LogP contribution < -0.4 is 0 Å². The zero-order valence-corrected chi connectivity index (χ0v) is 8.43. The van der Waals surface area contributed by atoms with Crippen LogP contribution in [0, 0.1) is 6.92 Å². The number of benzene rings is 1. The van der Waals surface area contributed by atoms with E-state index >= 15 is 0 Å². The largest absolute Gasteiger partial charge is 0.0843 e. The first-order valence-electron chi connectivity index (χ1n) is 4.54. The van der Waals surface area contributed by atoms with Crippen molar-refractivity contribution in [3.8, 4) is 0 Å². The van der Waals surface area contributed by atoms with E-state index in [1.807, 2.05) is 24.3 Å². The number of rotatable bonds is 4. The second-order valence-corrected chi connectivity index (χ2v) is 3.39. The van der Waals surface area contributed by atoms with Crippen LogP contribution in [0.15, 0.2) is 30.3 Å². The van der Waals surface area contributed by atoms with Crippen molar-refractivity contribution in [2.75, 3.05) is 0 Å². The zero-order valence-electron chi connectivity index (χ0n) is 7.67. The Bertz CT molecular complexity index is 259. The topological polar surface area (TPSA) is 0 Å². The van der Waals surface area contributed by atoms with E-state index in [4.69, 9.17) is 11.6 Å². The Morgan fingerprint density at radius 3 is 2.54 bits per heavy atom. The van der Waals surface area contributed by atoms with Gasteiger partial charge in [0.1, 0.15) is 0 Å². The van der Waals surface area contributed by atoms with Crippen molar-refractivity contribution in [3.05, 3.63) is 47.9 Å². The summed E-state index contributed by atoms with van der Waals surface area (Å²) < 4.78 is 0. The molecule has 1 radical (unpaired) electrons. The molecule has 0 aliphatic carbocycles. The maximum Gasteiger partial charge on any atom is 0.0406 e. The zero-order chi connectivity index (χ0) is 9.52. The number of hydrogen-bond donors (Lipinski definition) is 0. The van der Waals surface area contributed by atoms with Crippen molar-refractivity contribution < 1.29 is 0 Å². The van der Waals surface area contributed by atoms with Gasteiger partial charge in [0, 0.05) is 5.02 Å². The van der Waals surface area contributed by atoms with E-state index in [0.717, 1.165) is 24.3 Å². The summed E-state index contributed by atoms with van der Waals surface area (Å²) in [6.45, 7) is 3.79. The van der Waals surface area contributed by atoms with Crippen LogP contribution in [-0.4, -0.2) is 0 Å². The molecule has 13 heavy (non-hydrogen) atoms. The minimum atomic E-state index is 0.787. The van der Waals surface area contributed by atoms with Gasteiger partial charge >= 0.3 is 0 Å². The molecule has 0 atom stereocenters. The van der Waals surface area contributed by atoms with Crippen LogP contribution in [-0.2, 0) is 0 Å². The van der Waals surface area contributed by atoms with Crippen molar-refractivity contribution in [3.63, 3.8) is 0 Å². The SMILES string of the molecule is [CH2]CCC/C=C/c1ccc(Cl)cc1. The fraction of sp³-hybridized carbons (Fsp3) is 0.250. The van der Waals surface area contributed by atoms with Gasteiger partial charge in [-0.3, -0.25) is 0 Å². The van der Waals surface area contributed by atoms with Gasteiger partial charge in [-0.25, -0.2) is 0 Å². The second-order valence-electron chi connectivity index (χ2n) is 2.95. The molecule has 0 fully saturated rings. The van der Waals surface area contributed by atoms with Gasteiger partial charge in [0.2, 0.25) is 0 Å². The predicted octanol–water partition coefficient (Wildman–Crippen LogP) is 4.36. The summed E-state index contributed by atoms with van der Waals surface area (Å²) in [5.74, 6) is 0. The molecule has 0 aliphatic heterocycles. The highest BCUT2D eigenvalue weighted by Crippen LogP contribution is 2.11. The highest BCUT2D eigenvalue weighted by molar-refractivity contribution is 6.30. The van der Waals surface area contributed by atoms with E-state index in [1.54, 1.807) is 0 Å². The second kappa shape index (κ2) is 5.82. The average Bonchev–Trinajstić information content (AvgIpc) is 2.15. The van der Waals surface area contributed by atoms with Crippen LogP contribution in [0.4, 0.5) is 0 Å². The Morgan fingerprint density at radius 1 is 1.23 bits per heavy atom. The average molecular weight is 194 g/mol. The minimum Gasteiger partial charge on any atom is -0.0843 e. The van der Waals surface area contributed by atoms with Crippen molar-refractivity contribution in [2.45, 2.75) is 19.3 Å². The Hall–Kier alpha value is -0.750. The molecule has 0 spiro atoms. The van der Waals surface area contributed by atoms with Crippen LogP contribution in [0.5, 0.6) is 0 Å². The third-order valence-corrected chi connectivity index (χ3v) is 2.05. The third-order valence-electron chi connectivity index (χ3n) is 1.80. The van der Waals surface area contributed by atoms with E-state index in [1.165, 1.54) is 5.56 Å². The van der Waals surface area contributed by atoms with Crippen LogP contribution in [0.25, 0.3) is 6.08 Å². The van der Waals surface area contributed by atoms with Crippen LogP contribution in [0.1, 0.15) is 24.8 Å². The summed E-state index contributed by atoms with van der Waals surface area (Å²) in [4.78, 5) is 0. The first-order chi connectivity index (χ1) is 6.33. The maximum absolute atomic E-state index is 5.76. The smallest absolute Gasteiger partial charge is 0.0406 e. The summed E-state index contributed by atoms with van der Waals surface area (Å²) in [5, 5.41) is 0.787. The molecule has 1 heteroatoms. The normalized spacial score (nSPS) is 10.9. The maximum atomic E-state index is 5.76. The van der Waals surface area contributed by atoms with E-state index in [2.05, 4.69) is 19.1 Å². The predicted molar refractivity (Wildman–Crippen MR) is 59.7 cm³/mol. The van der Waals surface area contributed by atoms with E-state index in [-0.39, 0.29) is 0 Å². The quantitative estimate of drug-likeness (QED) is 0.624. The van der Waals surface area contributed by atoms with Gasteiger partial charge in [0.25, 0.3) is 0 Å². The molecule has 1 aromatic carbocycles. The Labute approximate surface area is 85.2 Å². The molecule has 0 aromatic heterocycles. The van der Waals surface area contributed by atoms with Gasteiger partial charge in [-0.1, -0.05) is 49.2 Å². The number of halogens is 1. The lowest BCUT2D eigenvalue weighted by Gasteiger charge is -1.93. The molecule has 1 rings (SSSR count). The summed E-state index contributed by atoms with van der Waals surface area (Å²) in [6.07, 6.45) is 7.56. The van der Waals surface area contributed by atoms with Crippen LogP contribution >= 0.6 is 11.6 Å². The molecule has 0 bridgehead atoms. The lowest BCUT2D eigenvalue weighted by molar-refractivity contribution is 0.868. The third kappa shape index (κ3) is 4.14. The highest BCUT2D eigenvalue weighted by atomic mass is 35.5. The molecule has 0 nitrogen and oxygen atoms in total. The molecule has 0 saturated heterocycles. The molecule has 0 amide bonds. The first kappa shape index (κ1) is 10.3. The summed E-state index contributed by atoms with van der Waals surface area (Å²) in [7, 11) is 0. The minimum absolute atomic E-state index is 0.787. The van der Waals surface area contributed by atoms with Crippen molar-refractivity contribution in [1.82, 2.24) is 0 Å². The van der Waals surface area contributed by atoms with E-state index in [9.17, 15) is 0 Å². The molecule has 0 unspecified atom stereocenters. The number of allylic oxidation sites excluding steroid dienone is 1. The first-order valence-corrected chi connectivity index (χ1v) is 4.92. The van der Waals surface area contributed by atoms with Crippen molar-refractivity contribution in [1.29, 1.82) is 0 Å². The Morgan fingerprint density at radius 2 is 1.92 bits per heavy atom. The molecule has 0 aliphatic rings. The van der Waals surface area contributed by atoms with Crippen LogP contribution in [0.2, 0.25) is 5.02 Å². The Kier molecular flexibility index (Phi) is 4.63. The molecule has 0 heterocycles. The standard InChI is InChI=1S/C12H14Cl/c1-2-3-4-5-6-11-7-9-12(13)10-8-11/h5-10H,1-4H2/b6-5+. The molecular formula is C12H14Cl. The van der Waals surface area contributed by atoms with Crippen molar-refractivity contribution >= 4 is 17.7 Å². The van der Waals surface area contributed by atoms with Gasteiger partial charge in [0.05, 0.1) is 0 Å². The lowest BCUT2D eigenvalue weighted by atomic mass is 10.2. The fourth-order valence-corrected chi connectivity index (χ4v) is 1.18. The van der Waals surface area contributed by atoms with Crippen molar-refractivity contribution in [2.24, 2.45) is 0 Å². The van der Waals surface area contributed by atoms with Gasteiger partial charge in [0.15, 0.2) is 0 Å². The molecular weight excluding hydrogens is 180 g/mol. The van der Waals surface area contributed by atoms with Gasteiger partial charge in [-0.2, -0.15) is 0 Å². The Balaban J connectivity index is 2.44. The summed E-state index contributed by atoms with van der Waals surface area (Å²) in [5.41, 5.74) is 1.20. The van der Waals surface area contributed by atoms with E-state index < -0.39 is 0 Å². The van der Waals surface area contributed by atoms with Gasteiger partial charge < -0.3 is 0 Å².